The fourth-order valence-corrected chi connectivity index (χ4v) is 2.57. The highest BCUT2D eigenvalue weighted by atomic mass is 79.9. The topological polar surface area (TPSA) is 49.3 Å². The van der Waals surface area contributed by atoms with Crippen LogP contribution in [0.15, 0.2) is 0 Å². The van der Waals surface area contributed by atoms with Crippen molar-refractivity contribution in [3.63, 3.8) is 0 Å². The van der Waals surface area contributed by atoms with Gasteiger partial charge >= 0.3 is 6.09 Å². The number of carbonyl (C=O) groups is 1. The van der Waals surface area contributed by atoms with E-state index in [0.29, 0.717) is 0 Å². The standard InChI is InChI=1S/C9H16BrNO2/c10-6-5-7-1-3-8(4-2-7)11-9(12)13/h7-8,11H,1-6H2,(H,12,13)/t7-,8-. The van der Waals surface area contributed by atoms with E-state index < -0.39 is 6.09 Å². The predicted octanol–water partition coefficient (Wildman–Crippen LogP) is 2.60. The minimum absolute atomic E-state index is 0.198. The SMILES string of the molecule is O=C(O)N[C@H]1CC[C@H](CCBr)CC1. The summed E-state index contributed by atoms with van der Waals surface area (Å²) in [7, 11) is 0. The number of rotatable bonds is 3. The molecule has 13 heavy (non-hydrogen) atoms. The van der Waals surface area contributed by atoms with E-state index in [1.807, 2.05) is 0 Å². The molecule has 0 unspecified atom stereocenters. The number of hydrogen-bond acceptors (Lipinski definition) is 1. The maximum atomic E-state index is 10.4. The lowest BCUT2D eigenvalue weighted by molar-refractivity contribution is 0.182. The second kappa shape index (κ2) is 5.47. The van der Waals surface area contributed by atoms with Gasteiger partial charge in [0.15, 0.2) is 0 Å². The minimum Gasteiger partial charge on any atom is -0.465 e. The van der Waals surface area contributed by atoms with Gasteiger partial charge in [0.1, 0.15) is 0 Å². The molecule has 1 rings (SSSR count). The number of halogens is 1. The lowest BCUT2D eigenvalue weighted by Crippen LogP contribution is -2.36. The number of hydrogen-bond donors (Lipinski definition) is 2. The van der Waals surface area contributed by atoms with Crippen LogP contribution in [0.3, 0.4) is 0 Å². The van der Waals surface area contributed by atoms with E-state index in [2.05, 4.69) is 21.2 Å². The summed E-state index contributed by atoms with van der Waals surface area (Å²) < 4.78 is 0. The van der Waals surface area contributed by atoms with Crippen LogP contribution in [-0.4, -0.2) is 22.6 Å². The zero-order valence-corrected chi connectivity index (χ0v) is 9.22. The second-order valence-corrected chi connectivity index (χ2v) is 4.44. The summed E-state index contributed by atoms with van der Waals surface area (Å²) in [5.41, 5.74) is 0. The highest BCUT2D eigenvalue weighted by molar-refractivity contribution is 9.09. The van der Waals surface area contributed by atoms with Crippen molar-refractivity contribution in [2.45, 2.75) is 38.1 Å². The first-order valence-corrected chi connectivity index (χ1v) is 5.90. The summed E-state index contributed by atoms with van der Waals surface area (Å²) in [6, 6.07) is 0.198. The average Bonchev–Trinajstić information content (AvgIpc) is 2.08. The Morgan fingerprint density at radius 3 is 2.46 bits per heavy atom. The van der Waals surface area contributed by atoms with Crippen molar-refractivity contribution >= 4 is 22.0 Å². The highest BCUT2D eigenvalue weighted by Crippen LogP contribution is 2.27. The monoisotopic (exact) mass is 249 g/mol. The van der Waals surface area contributed by atoms with Crippen molar-refractivity contribution in [3.05, 3.63) is 0 Å². The van der Waals surface area contributed by atoms with Crippen LogP contribution >= 0.6 is 15.9 Å². The Morgan fingerprint density at radius 1 is 1.38 bits per heavy atom. The van der Waals surface area contributed by atoms with Crippen molar-refractivity contribution in [1.82, 2.24) is 5.32 Å². The maximum absolute atomic E-state index is 10.4. The molecule has 1 aliphatic rings. The summed E-state index contributed by atoms with van der Waals surface area (Å²) in [5, 5.41) is 12.1. The first-order valence-electron chi connectivity index (χ1n) is 4.77. The normalized spacial score (nSPS) is 28.4. The van der Waals surface area contributed by atoms with Gasteiger partial charge in [-0.1, -0.05) is 15.9 Å². The number of alkyl halides is 1. The number of carboxylic acid groups (broad SMARTS) is 1. The molecule has 76 valence electrons. The summed E-state index contributed by atoms with van der Waals surface area (Å²) >= 11 is 3.43. The van der Waals surface area contributed by atoms with E-state index in [4.69, 9.17) is 5.11 Å². The molecule has 0 aromatic rings. The van der Waals surface area contributed by atoms with Crippen molar-refractivity contribution in [1.29, 1.82) is 0 Å². The second-order valence-electron chi connectivity index (χ2n) is 3.64. The van der Waals surface area contributed by atoms with Crippen molar-refractivity contribution in [2.24, 2.45) is 5.92 Å². The van der Waals surface area contributed by atoms with Gasteiger partial charge in [-0.05, 0) is 38.0 Å². The van der Waals surface area contributed by atoms with Crippen molar-refractivity contribution in [3.8, 4) is 0 Å². The third-order valence-corrected chi connectivity index (χ3v) is 3.15. The molecule has 2 N–H and O–H groups in total. The van der Waals surface area contributed by atoms with Gasteiger partial charge in [0.2, 0.25) is 0 Å². The molecular weight excluding hydrogens is 234 g/mol. The Balaban J connectivity index is 2.18. The lowest BCUT2D eigenvalue weighted by Gasteiger charge is -2.27. The van der Waals surface area contributed by atoms with Crippen LogP contribution in [0.1, 0.15) is 32.1 Å². The first-order chi connectivity index (χ1) is 6.22. The van der Waals surface area contributed by atoms with Gasteiger partial charge in [-0.3, -0.25) is 0 Å². The number of nitrogens with one attached hydrogen (secondary N) is 1. The van der Waals surface area contributed by atoms with E-state index in [1.165, 1.54) is 6.42 Å². The molecule has 0 saturated heterocycles. The Labute approximate surface area is 87.0 Å². The molecule has 0 spiro atoms. The molecule has 0 aromatic carbocycles. The molecule has 4 heteroatoms. The Hall–Kier alpha value is -0.250. The molecular formula is C9H16BrNO2. The predicted molar refractivity (Wildman–Crippen MR) is 55.3 cm³/mol. The van der Waals surface area contributed by atoms with E-state index in [0.717, 1.165) is 36.9 Å². The molecule has 0 heterocycles. The van der Waals surface area contributed by atoms with Gasteiger partial charge in [0.05, 0.1) is 0 Å². The fraction of sp³-hybridized carbons (Fsp3) is 0.889. The average molecular weight is 250 g/mol. The molecule has 0 radical (unpaired) electrons. The quantitative estimate of drug-likeness (QED) is 0.756. The molecule has 0 aromatic heterocycles. The first kappa shape index (κ1) is 10.8. The molecule has 0 aliphatic heterocycles. The van der Waals surface area contributed by atoms with Crippen LogP contribution in [0.25, 0.3) is 0 Å². The van der Waals surface area contributed by atoms with Crippen LogP contribution in [0.2, 0.25) is 0 Å². The van der Waals surface area contributed by atoms with E-state index in [-0.39, 0.29) is 6.04 Å². The van der Waals surface area contributed by atoms with Crippen LogP contribution in [0, 0.1) is 5.92 Å². The van der Waals surface area contributed by atoms with E-state index in [9.17, 15) is 4.79 Å². The van der Waals surface area contributed by atoms with Crippen molar-refractivity contribution in [2.75, 3.05) is 5.33 Å². The van der Waals surface area contributed by atoms with Gasteiger partial charge < -0.3 is 10.4 Å². The minimum atomic E-state index is -0.885. The number of amides is 1. The summed E-state index contributed by atoms with van der Waals surface area (Å²) in [5.74, 6) is 0.797. The molecule has 1 aliphatic carbocycles. The molecule has 1 fully saturated rings. The van der Waals surface area contributed by atoms with Crippen LogP contribution < -0.4 is 5.32 Å². The Kier molecular flexibility index (Phi) is 4.56. The van der Waals surface area contributed by atoms with Gasteiger partial charge in [-0.2, -0.15) is 0 Å². The highest BCUT2D eigenvalue weighted by Gasteiger charge is 2.21. The molecule has 0 bridgehead atoms. The Bertz CT molecular complexity index is 167. The van der Waals surface area contributed by atoms with Gasteiger partial charge in [0, 0.05) is 11.4 Å². The van der Waals surface area contributed by atoms with Crippen molar-refractivity contribution < 1.29 is 9.90 Å². The fourth-order valence-electron chi connectivity index (χ4n) is 1.92. The van der Waals surface area contributed by atoms with E-state index >= 15 is 0 Å². The van der Waals surface area contributed by atoms with E-state index in [1.54, 1.807) is 0 Å². The zero-order chi connectivity index (χ0) is 9.68. The Morgan fingerprint density at radius 2 is 2.00 bits per heavy atom. The van der Waals surface area contributed by atoms with Gasteiger partial charge in [-0.25, -0.2) is 4.79 Å². The smallest absolute Gasteiger partial charge is 0.404 e. The lowest BCUT2D eigenvalue weighted by atomic mass is 9.85. The third kappa shape index (κ3) is 3.98. The molecule has 3 nitrogen and oxygen atoms in total. The molecule has 1 saturated carbocycles. The largest absolute Gasteiger partial charge is 0.465 e. The maximum Gasteiger partial charge on any atom is 0.404 e. The molecule has 0 atom stereocenters. The van der Waals surface area contributed by atoms with Gasteiger partial charge in [-0.15, -0.1) is 0 Å². The summed E-state index contributed by atoms with van der Waals surface area (Å²) in [4.78, 5) is 10.4. The summed E-state index contributed by atoms with van der Waals surface area (Å²) in [6.45, 7) is 0. The summed E-state index contributed by atoms with van der Waals surface area (Å²) in [6.07, 6.45) is 4.67. The third-order valence-electron chi connectivity index (χ3n) is 2.69. The zero-order valence-electron chi connectivity index (χ0n) is 7.63. The van der Waals surface area contributed by atoms with Crippen LogP contribution in [0.4, 0.5) is 4.79 Å². The van der Waals surface area contributed by atoms with Crippen LogP contribution in [0.5, 0.6) is 0 Å². The van der Waals surface area contributed by atoms with Gasteiger partial charge in [0.25, 0.3) is 0 Å². The van der Waals surface area contributed by atoms with Crippen LogP contribution in [-0.2, 0) is 0 Å². The molecule has 1 amide bonds.